The molecule has 0 atom stereocenters. The summed E-state index contributed by atoms with van der Waals surface area (Å²) < 4.78 is 5.69. The second-order valence-corrected chi connectivity index (χ2v) is 7.19. The first-order chi connectivity index (χ1) is 12.9. The number of nitrogens with zero attached hydrogens (tertiary/aromatic N) is 2. The minimum Gasteiger partial charge on any atom is -0.506 e. The van der Waals surface area contributed by atoms with Crippen molar-refractivity contribution in [1.29, 1.82) is 0 Å². The van der Waals surface area contributed by atoms with E-state index in [4.69, 9.17) is 10.5 Å². The maximum Gasteiger partial charge on any atom is 0.140 e. The Morgan fingerprint density at radius 1 is 1.04 bits per heavy atom. The van der Waals surface area contributed by atoms with Crippen LogP contribution in [0, 0.1) is 0 Å². The minimum absolute atomic E-state index is 0.143. The third-order valence-corrected chi connectivity index (χ3v) is 4.59. The topological polar surface area (TPSA) is 62.0 Å². The van der Waals surface area contributed by atoms with Gasteiger partial charge in [0.15, 0.2) is 0 Å². The molecule has 2 aromatic carbocycles. The molecule has 148 valence electrons. The highest BCUT2D eigenvalue weighted by Gasteiger charge is 2.08. The predicted octanol–water partition coefficient (Wildman–Crippen LogP) is 3.76. The molecule has 0 unspecified atom stereocenters. The van der Waals surface area contributed by atoms with Crippen molar-refractivity contribution in [3.8, 4) is 11.5 Å². The number of nitrogens with two attached hydrogens (primary N) is 1. The van der Waals surface area contributed by atoms with Gasteiger partial charge in [-0.1, -0.05) is 12.1 Å². The summed E-state index contributed by atoms with van der Waals surface area (Å²) in [5, 5.41) is 9.83. The van der Waals surface area contributed by atoms with E-state index in [1.807, 2.05) is 32.0 Å². The van der Waals surface area contributed by atoms with Gasteiger partial charge in [0.25, 0.3) is 0 Å². The number of phenolic OH excluding ortho intramolecular Hbond substituents is 1. The molecule has 5 heteroatoms. The van der Waals surface area contributed by atoms with E-state index in [1.165, 1.54) is 5.56 Å². The van der Waals surface area contributed by atoms with E-state index >= 15 is 0 Å². The number of phenols is 1. The van der Waals surface area contributed by atoms with Crippen LogP contribution in [-0.2, 0) is 6.42 Å². The van der Waals surface area contributed by atoms with Gasteiger partial charge in [0, 0.05) is 37.9 Å². The fraction of sp³-hybridized carbons (Fsp3) is 0.455. The molecule has 0 aliphatic heterocycles. The van der Waals surface area contributed by atoms with E-state index in [2.05, 4.69) is 35.9 Å². The molecule has 0 fully saturated rings. The molecule has 0 heterocycles. The van der Waals surface area contributed by atoms with Crippen molar-refractivity contribution in [2.24, 2.45) is 0 Å². The summed E-state index contributed by atoms with van der Waals surface area (Å²) in [6.45, 7) is 9.92. The van der Waals surface area contributed by atoms with Crippen LogP contribution in [0.1, 0.15) is 26.3 Å². The van der Waals surface area contributed by atoms with Crippen LogP contribution < -0.4 is 15.4 Å². The first-order valence-corrected chi connectivity index (χ1v) is 9.66. The molecule has 0 saturated heterocycles. The Balaban J connectivity index is 1.80. The first kappa shape index (κ1) is 20.9. The third kappa shape index (κ3) is 6.68. The van der Waals surface area contributed by atoms with Crippen LogP contribution >= 0.6 is 0 Å². The van der Waals surface area contributed by atoms with E-state index in [0.717, 1.165) is 44.0 Å². The fourth-order valence-electron chi connectivity index (χ4n) is 2.93. The molecule has 0 aliphatic carbocycles. The Morgan fingerprint density at radius 3 is 2.33 bits per heavy atom. The van der Waals surface area contributed by atoms with Gasteiger partial charge in [-0.15, -0.1) is 0 Å². The smallest absolute Gasteiger partial charge is 0.140 e. The molecule has 0 aliphatic rings. The quantitative estimate of drug-likeness (QED) is 0.492. The highest BCUT2D eigenvalue weighted by Crippen LogP contribution is 2.26. The summed E-state index contributed by atoms with van der Waals surface area (Å²) in [5.41, 5.74) is 8.42. The van der Waals surface area contributed by atoms with Crippen LogP contribution in [0.5, 0.6) is 11.5 Å². The molecule has 2 rings (SSSR count). The molecule has 0 aromatic heterocycles. The van der Waals surface area contributed by atoms with Gasteiger partial charge in [0.2, 0.25) is 0 Å². The third-order valence-electron chi connectivity index (χ3n) is 4.59. The van der Waals surface area contributed by atoms with Gasteiger partial charge in [0.05, 0.1) is 11.8 Å². The Hall–Kier alpha value is -2.40. The molecule has 0 bridgehead atoms. The zero-order chi connectivity index (χ0) is 19.8. The normalized spacial score (nSPS) is 11.2. The van der Waals surface area contributed by atoms with Crippen molar-refractivity contribution in [2.45, 2.75) is 33.3 Å². The van der Waals surface area contributed by atoms with Gasteiger partial charge in [-0.25, -0.2) is 0 Å². The highest BCUT2D eigenvalue weighted by molar-refractivity contribution is 5.61. The standard InChI is InChI=1S/C22H33N3O2/c1-5-25(19-8-11-21(23)22(26)16-19)15-14-24(4)13-12-18-6-9-20(10-7-18)27-17(2)3/h6-11,16-17,26H,5,12-15,23H2,1-4H3. The zero-order valence-corrected chi connectivity index (χ0v) is 17.0. The lowest BCUT2D eigenvalue weighted by Gasteiger charge is -2.26. The van der Waals surface area contributed by atoms with Crippen LogP contribution in [0.2, 0.25) is 0 Å². The molecular formula is C22H33N3O2. The van der Waals surface area contributed by atoms with Crippen molar-refractivity contribution in [1.82, 2.24) is 4.90 Å². The van der Waals surface area contributed by atoms with Crippen molar-refractivity contribution >= 4 is 11.4 Å². The number of anilines is 2. The number of benzene rings is 2. The van der Waals surface area contributed by atoms with Gasteiger partial charge in [-0.2, -0.15) is 0 Å². The molecule has 2 aromatic rings. The Kier molecular flexibility index (Phi) is 7.80. The lowest BCUT2D eigenvalue weighted by molar-refractivity contribution is 0.242. The second-order valence-electron chi connectivity index (χ2n) is 7.19. The lowest BCUT2D eigenvalue weighted by atomic mass is 10.1. The predicted molar refractivity (Wildman–Crippen MR) is 114 cm³/mol. The highest BCUT2D eigenvalue weighted by atomic mass is 16.5. The largest absolute Gasteiger partial charge is 0.506 e. The molecule has 5 nitrogen and oxygen atoms in total. The number of likely N-dealkylation sites (N-methyl/N-ethyl adjacent to an activating group) is 2. The summed E-state index contributed by atoms with van der Waals surface area (Å²) in [6.07, 6.45) is 1.21. The average molecular weight is 372 g/mol. The van der Waals surface area contributed by atoms with Gasteiger partial charge >= 0.3 is 0 Å². The SMILES string of the molecule is CCN(CCN(C)CCc1ccc(OC(C)C)cc1)c1ccc(N)c(O)c1. The van der Waals surface area contributed by atoms with Crippen LogP contribution in [0.15, 0.2) is 42.5 Å². The van der Waals surface area contributed by atoms with E-state index in [1.54, 1.807) is 12.1 Å². The minimum atomic E-state index is 0.143. The number of ether oxygens (including phenoxy) is 1. The van der Waals surface area contributed by atoms with Crippen LogP contribution in [0.3, 0.4) is 0 Å². The number of nitrogen functional groups attached to an aromatic ring is 1. The first-order valence-electron chi connectivity index (χ1n) is 9.66. The summed E-state index contributed by atoms with van der Waals surface area (Å²) >= 11 is 0. The second kappa shape index (κ2) is 10.1. The summed E-state index contributed by atoms with van der Waals surface area (Å²) in [6, 6.07) is 13.8. The maximum absolute atomic E-state index is 9.83. The molecule has 0 spiro atoms. The van der Waals surface area contributed by atoms with Gasteiger partial charge < -0.3 is 25.4 Å². The van der Waals surface area contributed by atoms with Crippen molar-refractivity contribution in [2.75, 3.05) is 43.9 Å². The van der Waals surface area contributed by atoms with E-state index < -0.39 is 0 Å². The number of aromatic hydroxyl groups is 1. The molecule has 0 radical (unpaired) electrons. The Morgan fingerprint density at radius 2 is 1.74 bits per heavy atom. The van der Waals surface area contributed by atoms with Gasteiger partial charge in [-0.3, -0.25) is 0 Å². The molecule has 0 saturated carbocycles. The van der Waals surface area contributed by atoms with Crippen molar-refractivity contribution in [3.05, 3.63) is 48.0 Å². The van der Waals surface area contributed by atoms with Gasteiger partial charge in [0.1, 0.15) is 11.5 Å². The zero-order valence-electron chi connectivity index (χ0n) is 17.0. The van der Waals surface area contributed by atoms with Crippen molar-refractivity contribution in [3.63, 3.8) is 0 Å². The Bertz CT molecular complexity index is 701. The fourth-order valence-corrected chi connectivity index (χ4v) is 2.93. The Labute approximate surface area is 163 Å². The average Bonchev–Trinajstić information content (AvgIpc) is 2.64. The van der Waals surface area contributed by atoms with Crippen LogP contribution in [-0.4, -0.2) is 49.3 Å². The van der Waals surface area contributed by atoms with Gasteiger partial charge in [-0.05, 0) is 64.1 Å². The number of hydrogen-bond acceptors (Lipinski definition) is 5. The molecule has 0 amide bonds. The van der Waals surface area contributed by atoms with E-state index in [9.17, 15) is 5.11 Å². The van der Waals surface area contributed by atoms with E-state index in [-0.39, 0.29) is 11.9 Å². The number of rotatable bonds is 10. The molecular weight excluding hydrogens is 338 g/mol. The summed E-state index contributed by atoms with van der Waals surface area (Å²) in [4.78, 5) is 4.58. The number of hydrogen-bond donors (Lipinski definition) is 2. The monoisotopic (exact) mass is 371 g/mol. The van der Waals surface area contributed by atoms with E-state index in [0.29, 0.717) is 5.69 Å². The maximum atomic E-state index is 9.83. The summed E-state index contributed by atoms with van der Waals surface area (Å²) in [7, 11) is 2.14. The lowest BCUT2D eigenvalue weighted by Crippen LogP contribution is -2.34. The molecule has 27 heavy (non-hydrogen) atoms. The molecule has 3 N–H and O–H groups in total. The van der Waals surface area contributed by atoms with Crippen LogP contribution in [0.4, 0.5) is 11.4 Å². The summed E-state index contributed by atoms with van der Waals surface area (Å²) in [5.74, 6) is 1.07. The van der Waals surface area contributed by atoms with Crippen molar-refractivity contribution < 1.29 is 9.84 Å². The van der Waals surface area contributed by atoms with Crippen LogP contribution in [0.25, 0.3) is 0 Å².